The molecule has 0 saturated heterocycles. The molecule has 0 atom stereocenters. The lowest BCUT2D eigenvalue weighted by molar-refractivity contribution is 0.291. The van der Waals surface area contributed by atoms with Gasteiger partial charge in [0, 0.05) is 17.6 Å². The van der Waals surface area contributed by atoms with Gasteiger partial charge in [0.2, 0.25) is 0 Å². The van der Waals surface area contributed by atoms with Crippen molar-refractivity contribution in [2.24, 2.45) is 0 Å². The molecule has 0 aliphatic carbocycles. The lowest BCUT2D eigenvalue weighted by Gasteiger charge is -2.33. The molecule has 0 amide bonds. The predicted molar refractivity (Wildman–Crippen MR) is 70.1 cm³/mol. The molecule has 2 heteroatoms. The van der Waals surface area contributed by atoms with Gasteiger partial charge in [-0.3, -0.25) is 5.41 Å². The van der Waals surface area contributed by atoms with Gasteiger partial charge in [0.15, 0.2) is 0 Å². The van der Waals surface area contributed by atoms with Crippen LogP contribution in [0.1, 0.15) is 38.8 Å². The molecule has 0 heterocycles. The van der Waals surface area contributed by atoms with Crippen LogP contribution < -0.4 is 0 Å². The molecule has 0 bridgehead atoms. The number of rotatable bonds is 3. The van der Waals surface area contributed by atoms with Gasteiger partial charge in [0.05, 0.1) is 0 Å². The van der Waals surface area contributed by atoms with Gasteiger partial charge in [-0.05, 0) is 40.2 Å². The van der Waals surface area contributed by atoms with E-state index < -0.39 is 0 Å². The van der Waals surface area contributed by atoms with Crippen molar-refractivity contribution in [1.29, 1.82) is 5.41 Å². The molecule has 0 saturated carbocycles. The van der Waals surface area contributed by atoms with Crippen molar-refractivity contribution in [2.75, 3.05) is 0 Å². The normalized spacial score (nSPS) is 10.9. The van der Waals surface area contributed by atoms with Gasteiger partial charge in [-0.2, -0.15) is 0 Å². The van der Waals surface area contributed by atoms with Gasteiger partial charge in [0.1, 0.15) is 5.84 Å². The highest BCUT2D eigenvalue weighted by molar-refractivity contribution is 5.98. The fraction of sp³-hybridized carbons (Fsp3) is 0.500. The van der Waals surface area contributed by atoms with E-state index in [9.17, 15) is 0 Å². The minimum atomic E-state index is 0.354. The number of hydrogen-bond donors (Lipinski definition) is 1. The highest BCUT2D eigenvalue weighted by atomic mass is 15.2. The maximum absolute atomic E-state index is 8.31. The molecule has 0 aliphatic heterocycles. The van der Waals surface area contributed by atoms with Gasteiger partial charge in [-0.1, -0.05) is 24.3 Å². The van der Waals surface area contributed by atoms with Crippen molar-refractivity contribution in [1.82, 2.24) is 4.90 Å². The summed E-state index contributed by atoms with van der Waals surface area (Å²) in [6.45, 7) is 10.6. The molecule has 0 spiro atoms. The second-order valence-electron chi connectivity index (χ2n) is 4.76. The molecule has 0 radical (unpaired) electrons. The van der Waals surface area contributed by atoms with Gasteiger partial charge in [-0.25, -0.2) is 0 Å². The molecule has 1 aromatic carbocycles. The molecule has 0 aliphatic rings. The minimum Gasteiger partial charge on any atom is -0.352 e. The zero-order chi connectivity index (χ0) is 12.3. The van der Waals surface area contributed by atoms with Crippen molar-refractivity contribution in [2.45, 2.75) is 46.7 Å². The van der Waals surface area contributed by atoms with Gasteiger partial charge >= 0.3 is 0 Å². The van der Waals surface area contributed by atoms with Crippen LogP contribution in [0, 0.1) is 12.3 Å². The summed E-state index contributed by atoms with van der Waals surface area (Å²) < 4.78 is 0. The Kier molecular flexibility index (Phi) is 4.11. The van der Waals surface area contributed by atoms with Crippen LogP contribution in [0.2, 0.25) is 0 Å². The van der Waals surface area contributed by atoms with Crippen LogP contribution in [0.25, 0.3) is 0 Å². The predicted octanol–water partition coefficient (Wildman–Crippen LogP) is 3.44. The lowest BCUT2D eigenvalue weighted by atomic mass is 10.1. The second kappa shape index (κ2) is 5.15. The van der Waals surface area contributed by atoms with E-state index in [4.69, 9.17) is 5.41 Å². The highest BCUT2D eigenvalue weighted by Crippen LogP contribution is 2.15. The number of nitrogens with zero attached hydrogens (tertiary/aromatic N) is 1. The Balaban J connectivity index is 3.05. The third kappa shape index (κ3) is 2.63. The number of amidine groups is 1. The summed E-state index contributed by atoms with van der Waals surface area (Å²) in [5.74, 6) is 0.628. The van der Waals surface area contributed by atoms with E-state index in [0.717, 1.165) is 5.56 Å². The number of aryl methyl sites for hydroxylation is 1. The molecule has 88 valence electrons. The fourth-order valence-electron chi connectivity index (χ4n) is 2.09. The number of nitrogens with one attached hydrogen (secondary N) is 1. The summed E-state index contributed by atoms with van der Waals surface area (Å²) >= 11 is 0. The maximum Gasteiger partial charge on any atom is 0.128 e. The Morgan fingerprint density at radius 1 is 1.06 bits per heavy atom. The van der Waals surface area contributed by atoms with Crippen LogP contribution in [0.3, 0.4) is 0 Å². The molecule has 1 N–H and O–H groups in total. The SMILES string of the molecule is Cc1ccccc1C(=N)N(C(C)C)C(C)C. The zero-order valence-electron chi connectivity index (χ0n) is 10.9. The summed E-state index contributed by atoms with van der Waals surface area (Å²) in [6.07, 6.45) is 0. The summed E-state index contributed by atoms with van der Waals surface area (Å²) in [5.41, 5.74) is 2.20. The Bertz CT molecular complexity index is 359. The Labute approximate surface area is 98.8 Å². The molecule has 0 fully saturated rings. The monoisotopic (exact) mass is 218 g/mol. The Morgan fingerprint density at radius 2 is 1.56 bits per heavy atom. The fourth-order valence-corrected chi connectivity index (χ4v) is 2.09. The van der Waals surface area contributed by atoms with Crippen LogP contribution in [-0.4, -0.2) is 22.8 Å². The maximum atomic E-state index is 8.31. The first-order valence-electron chi connectivity index (χ1n) is 5.88. The van der Waals surface area contributed by atoms with Crippen molar-refractivity contribution < 1.29 is 0 Å². The molecule has 0 aromatic heterocycles. The van der Waals surface area contributed by atoms with Gasteiger partial charge in [0.25, 0.3) is 0 Å². The molecular weight excluding hydrogens is 196 g/mol. The first kappa shape index (κ1) is 12.8. The Hall–Kier alpha value is -1.31. The second-order valence-corrected chi connectivity index (χ2v) is 4.76. The van der Waals surface area contributed by atoms with Crippen molar-refractivity contribution >= 4 is 5.84 Å². The summed E-state index contributed by atoms with van der Waals surface area (Å²) in [7, 11) is 0. The van der Waals surface area contributed by atoms with Crippen molar-refractivity contribution in [3.8, 4) is 0 Å². The lowest BCUT2D eigenvalue weighted by Crippen LogP contribution is -2.42. The average molecular weight is 218 g/mol. The minimum absolute atomic E-state index is 0.354. The molecule has 0 unspecified atom stereocenters. The topological polar surface area (TPSA) is 27.1 Å². The van der Waals surface area contributed by atoms with E-state index in [-0.39, 0.29) is 0 Å². The zero-order valence-corrected chi connectivity index (χ0v) is 10.9. The first-order valence-corrected chi connectivity index (χ1v) is 5.88. The number of hydrogen-bond acceptors (Lipinski definition) is 1. The third-order valence-corrected chi connectivity index (χ3v) is 2.77. The third-order valence-electron chi connectivity index (χ3n) is 2.77. The van der Waals surface area contributed by atoms with E-state index in [1.807, 2.05) is 18.2 Å². The van der Waals surface area contributed by atoms with Gasteiger partial charge in [-0.15, -0.1) is 0 Å². The molecular formula is C14H22N2. The van der Waals surface area contributed by atoms with Crippen LogP contribution in [0.5, 0.6) is 0 Å². The number of benzene rings is 1. The van der Waals surface area contributed by atoms with E-state index >= 15 is 0 Å². The quantitative estimate of drug-likeness (QED) is 0.610. The summed E-state index contributed by atoms with van der Waals surface area (Å²) in [5, 5.41) is 8.31. The van der Waals surface area contributed by atoms with E-state index in [0.29, 0.717) is 17.9 Å². The van der Waals surface area contributed by atoms with Crippen LogP contribution >= 0.6 is 0 Å². The van der Waals surface area contributed by atoms with E-state index in [1.165, 1.54) is 5.56 Å². The molecule has 2 nitrogen and oxygen atoms in total. The highest BCUT2D eigenvalue weighted by Gasteiger charge is 2.18. The van der Waals surface area contributed by atoms with Crippen LogP contribution in [0.15, 0.2) is 24.3 Å². The Morgan fingerprint density at radius 3 is 2.00 bits per heavy atom. The van der Waals surface area contributed by atoms with Crippen molar-refractivity contribution in [3.05, 3.63) is 35.4 Å². The van der Waals surface area contributed by atoms with Crippen LogP contribution in [-0.2, 0) is 0 Å². The van der Waals surface area contributed by atoms with E-state index in [1.54, 1.807) is 0 Å². The molecule has 1 aromatic rings. The summed E-state index contributed by atoms with van der Waals surface area (Å²) in [4.78, 5) is 2.14. The standard InChI is InChI=1S/C14H22N2/c1-10(2)16(11(3)4)14(15)13-9-7-6-8-12(13)5/h6-11,15H,1-5H3. The molecule has 1 rings (SSSR count). The smallest absolute Gasteiger partial charge is 0.128 e. The summed E-state index contributed by atoms with van der Waals surface area (Å²) in [6, 6.07) is 8.80. The van der Waals surface area contributed by atoms with Crippen LogP contribution in [0.4, 0.5) is 0 Å². The average Bonchev–Trinajstić information content (AvgIpc) is 2.16. The molecule has 16 heavy (non-hydrogen) atoms. The largest absolute Gasteiger partial charge is 0.352 e. The first-order chi connectivity index (χ1) is 7.45. The van der Waals surface area contributed by atoms with E-state index in [2.05, 4.69) is 45.6 Å². The van der Waals surface area contributed by atoms with Gasteiger partial charge < -0.3 is 4.90 Å². The van der Waals surface area contributed by atoms with Crippen molar-refractivity contribution in [3.63, 3.8) is 0 Å².